The Labute approximate surface area is 159 Å². The van der Waals surface area contributed by atoms with Crippen LogP contribution in [0.2, 0.25) is 0 Å². The quantitative estimate of drug-likeness (QED) is 0.812. The van der Waals surface area contributed by atoms with Gasteiger partial charge in [0.15, 0.2) is 0 Å². The van der Waals surface area contributed by atoms with Gasteiger partial charge in [-0.15, -0.1) is 0 Å². The molecule has 0 heterocycles. The summed E-state index contributed by atoms with van der Waals surface area (Å²) in [5.41, 5.74) is 3.75. The number of rotatable bonds is 4. The lowest BCUT2D eigenvalue weighted by Gasteiger charge is -2.27. The highest BCUT2D eigenvalue weighted by molar-refractivity contribution is 5.94. The standard InChI is InChI=1S/C22H25FN2O2/c1-14-3-10-20(13-15(14)2)25-22(27)17-6-4-16(5-7-17)21(26)24-19-11-8-18(23)9-12-19/h3,8-13,16-17H,4-7H2,1-2H3,(H,24,26)(H,25,27). The molecule has 1 fully saturated rings. The molecule has 1 aliphatic carbocycles. The summed E-state index contributed by atoms with van der Waals surface area (Å²) >= 11 is 0. The van der Waals surface area contributed by atoms with Crippen LogP contribution in [-0.4, -0.2) is 11.8 Å². The number of hydrogen-bond donors (Lipinski definition) is 2. The van der Waals surface area contributed by atoms with Crippen molar-refractivity contribution in [3.05, 3.63) is 59.4 Å². The van der Waals surface area contributed by atoms with Gasteiger partial charge in [0.05, 0.1) is 0 Å². The average molecular weight is 368 g/mol. The molecule has 2 aromatic rings. The maximum atomic E-state index is 12.9. The number of amides is 2. The summed E-state index contributed by atoms with van der Waals surface area (Å²) in [7, 11) is 0. The third-order valence-corrected chi connectivity index (χ3v) is 5.35. The number of halogens is 1. The summed E-state index contributed by atoms with van der Waals surface area (Å²) in [5, 5.41) is 5.82. The molecule has 0 spiro atoms. The predicted octanol–water partition coefficient (Wildman–Crippen LogP) is 4.83. The molecule has 142 valence electrons. The van der Waals surface area contributed by atoms with E-state index in [9.17, 15) is 14.0 Å². The Kier molecular flexibility index (Phi) is 5.89. The number of nitrogens with one attached hydrogen (secondary N) is 2. The Morgan fingerprint density at radius 2 is 1.26 bits per heavy atom. The van der Waals surface area contributed by atoms with Gasteiger partial charge in [-0.1, -0.05) is 6.07 Å². The zero-order valence-corrected chi connectivity index (χ0v) is 15.7. The van der Waals surface area contributed by atoms with Gasteiger partial charge in [0.1, 0.15) is 5.82 Å². The monoisotopic (exact) mass is 368 g/mol. The first-order valence-electron chi connectivity index (χ1n) is 9.37. The molecular weight excluding hydrogens is 343 g/mol. The molecule has 0 aromatic heterocycles. The van der Waals surface area contributed by atoms with Crippen molar-refractivity contribution in [1.82, 2.24) is 0 Å². The van der Waals surface area contributed by atoms with E-state index in [1.54, 1.807) is 12.1 Å². The molecule has 1 saturated carbocycles. The maximum Gasteiger partial charge on any atom is 0.227 e. The molecule has 0 atom stereocenters. The molecule has 0 unspecified atom stereocenters. The van der Waals surface area contributed by atoms with Gasteiger partial charge in [-0.2, -0.15) is 0 Å². The number of benzene rings is 2. The molecule has 0 aliphatic heterocycles. The summed E-state index contributed by atoms with van der Waals surface area (Å²) in [6.45, 7) is 4.06. The van der Waals surface area contributed by atoms with Crippen molar-refractivity contribution in [2.45, 2.75) is 39.5 Å². The Morgan fingerprint density at radius 1 is 0.778 bits per heavy atom. The zero-order valence-electron chi connectivity index (χ0n) is 15.7. The minimum atomic E-state index is -0.330. The number of carbonyl (C=O) groups excluding carboxylic acids is 2. The lowest BCUT2D eigenvalue weighted by atomic mass is 9.81. The van der Waals surface area contributed by atoms with E-state index < -0.39 is 0 Å². The third kappa shape index (κ3) is 4.94. The van der Waals surface area contributed by atoms with Crippen molar-refractivity contribution < 1.29 is 14.0 Å². The number of aryl methyl sites for hydroxylation is 2. The second-order valence-corrected chi connectivity index (χ2v) is 7.33. The highest BCUT2D eigenvalue weighted by atomic mass is 19.1. The Balaban J connectivity index is 1.50. The second-order valence-electron chi connectivity index (χ2n) is 7.33. The van der Waals surface area contributed by atoms with Crippen molar-refractivity contribution in [3.8, 4) is 0 Å². The molecule has 0 saturated heterocycles. The average Bonchev–Trinajstić information content (AvgIpc) is 2.66. The Hall–Kier alpha value is -2.69. The van der Waals surface area contributed by atoms with Crippen LogP contribution in [0.5, 0.6) is 0 Å². The van der Waals surface area contributed by atoms with Gasteiger partial charge in [-0.3, -0.25) is 9.59 Å². The van der Waals surface area contributed by atoms with Crippen LogP contribution in [0.4, 0.5) is 15.8 Å². The fourth-order valence-corrected chi connectivity index (χ4v) is 3.46. The van der Waals surface area contributed by atoms with E-state index in [1.165, 1.54) is 17.7 Å². The molecule has 2 aromatic carbocycles. The third-order valence-electron chi connectivity index (χ3n) is 5.35. The Bertz CT molecular complexity index is 825. The number of hydrogen-bond acceptors (Lipinski definition) is 2. The summed E-state index contributed by atoms with van der Waals surface area (Å²) < 4.78 is 12.9. The van der Waals surface area contributed by atoms with Crippen LogP contribution in [0.15, 0.2) is 42.5 Å². The summed E-state index contributed by atoms with van der Waals surface area (Å²) in [5.74, 6) is -0.546. The first-order chi connectivity index (χ1) is 12.9. The second kappa shape index (κ2) is 8.33. The smallest absolute Gasteiger partial charge is 0.227 e. The molecule has 4 nitrogen and oxygen atoms in total. The molecule has 2 N–H and O–H groups in total. The molecular formula is C22H25FN2O2. The summed E-state index contributed by atoms with van der Waals surface area (Å²) in [6.07, 6.45) is 2.74. The van der Waals surface area contributed by atoms with E-state index >= 15 is 0 Å². The fourth-order valence-electron chi connectivity index (χ4n) is 3.46. The van der Waals surface area contributed by atoms with Crippen molar-refractivity contribution in [2.75, 3.05) is 10.6 Å². The topological polar surface area (TPSA) is 58.2 Å². The molecule has 27 heavy (non-hydrogen) atoms. The molecule has 5 heteroatoms. The summed E-state index contributed by atoms with van der Waals surface area (Å²) in [4.78, 5) is 24.9. The lowest BCUT2D eigenvalue weighted by Crippen LogP contribution is -2.32. The van der Waals surface area contributed by atoms with Gasteiger partial charge < -0.3 is 10.6 Å². The lowest BCUT2D eigenvalue weighted by molar-refractivity contribution is -0.125. The zero-order chi connectivity index (χ0) is 19.4. The van der Waals surface area contributed by atoms with E-state index in [1.807, 2.05) is 32.0 Å². The van der Waals surface area contributed by atoms with Crippen LogP contribution in [0.1, 0.15) is 36.8 Å². The van der Waals surface area contributed by atoms with E-state index in [2.05, 4.69) is 10.6 Å². The van der Waals surface area contributed by atoms with Crippen LogP contribution < -0.4 is 10.6 Å². The highest BCUT2D eigenvalue weighted by Gasteiger charge is 2.30. The first-order valence-corrected chi connectivity index (χ1v) is 9.37. The van der Waals surface area contributed by atoms with Gasteiger partial charge in [0.25, 0.3) is 0 Å². The predicted molar refractivity (Wildman–Crippen MR) is 105 cm³/mol. The SMILES string of the molecule is Cc1ccc(NC(=O)C2CCC(C(=O)Nc3ccc(F)cc3)CC2)cc1C. The van der Waals surface area contributed by atoms with Crippen LogP contribution >= 0.6 is 0 Å². The van der Waals surface area contributed by atoms with Crippen molar-refractivity contribution >= 4 is 23.2 Å². The maximum absolute atomic E-state index is 12.9. The van der Waals surface area contributed by atoms with Gasteiger partial charge in [-0.25, -0.2) is 4.39 Å². The van der Waals surface area contributed by atoms with Crippen molar-refractivity contribution in [1.29, 1.82) is 0 Å². The minimum Gasteiger partial charge on any atom is -0.326 e. The van der Waals surface area contributed by atoms with Crippen LogP contribution in [0.3, 0.4) is 0 Å². The van der Waals surface area contributed by atoms with Crippen molar-refractivity contribution in [3.63, 3.8) is 0 Å². The van der Waals surface area contributed by atoms with Crippen molar-refractivity contribution in [2.24, 2.45) is 11.8 Å². The largest absolute Gasteiger partial charge is 0.326 e. The number of anilines is 2. The molecule has 0 radical (unpaired) electrons. The van der Waals surface area contributed by atoms with E-state index in [0.29, 0.717) is 31.4 Å². The fraction of sp³-hybridized carbons (Fsp3) is 0.364. The van der Waals surface area contributed by atoms with Crippen LogP contribution in [0.25, 0.3) is 0 Å². The molecule has 1 aliphatic rings. The van der Waals surface area contributed by atoms with E-state index in [0.717, 1.165) is 11.3 Å². The molecule has 3 rings (SSSR count). The Morgan fingerprint density at radius 3 is 1.78 bits per heavy atom. The molecule has 0 bridgehead atoms. The molecule has 2 amide bonds. The summed E-state index contributed by atoms with van der Waals surface area (Å²) in [6, 6.07) is 11.7. The van der Waals surface area contributed by atoms with Gasteiger partial charge in [-0.05, 0) is 87.1 Å². The van der Waals surface area contributed by atoms with E-state index in [-0.39, 0.29) is 29.5 Å². The van der Waals surface area contributed by atoms with E-state index in [4.69, 9.17) is 0 Å². The number of carbonyl (C=O) groups is 2. The highest BCUT2D eigenvalue weighted by Crippen LogP contribution is 2.30. The van der Waals surface area contributed by atoms with Crippen LogP contribution in [-0.2, 0) is 9.59 Å². The van der Waals surface area contributed by atoms with Crippen LogP contribution in [0, 0.1) is 31.5 Å². The van der Waals surface area contributed by atoms with Gasteiger partial charge in [0.2, 0.25) is 11.8 Å². The van der Waals surface area contributed by atoms with Gasteiger partial charge >= 0.3 is 0 Å². The minimum absolute atomic E-state index is 0.0237. The first kappa shape index (κ1) is 19.1. The normalized spacial score (nSPS) is 19.4. The van der Waals surface area contributed by atoms with Gasteiger partial charge in [0, 0.05) is 23.2 Å².